The standard InChI is InChI=1S/C36H40BrN3O4S/c1-26-17-19-32(20-18-26)45(43,44)40(31-16-9-11-27(2)21-31)25-34(41)39(24-29-14-10-15-30(37)22-29)33(35(42)38-36(3,4)5)23-28-12-7-6-8-13-28/h6-22,33H,23-25H2,1-5H3,(H,38,42)/t33-/m1/s1. The summed E-state index contributed by atoms with van der Waals surface area (Å²) in [5, 5.41) is 3.05. The number of carbonyl (C=O) groups is 2. The zero-order valence-electron chi connectivity index (χ0n) is 26.3. The van der Waals surface area contributed by atoms with Gasteiger partial charge in [0.25, 0.3) is 10.0 Å². The van der Waals surface area contributed by atoms with Crippen molar-refractivity contribution in [1.82, 2.24) is 10.2 Å². The first-order valence-electron chi connectivity index (χ1n) is 14.8. The molecule has 0 heterocycles. The first kappa shape index (κ1) is 33.9. The monoisotopic (exact) mass is 689 g/mol. The predicted octanol–water partition coefficient (Wildman–Crippen LogP) is 6.82. The van der Waals surface area contributed by atoms with E-state index < -0.39 is 34.1 Å². The molecule has 4 aromatic rings. The average molecular weight is 691 g/mol. The van der Waals surface area contributed by atoms with Crippen molar-refractivity contribution >= 4 is 43.5 Å². The van der Waals surface area contributed by atoms with Crippen molar-refractivity contribution in [1.29, 1.82) is 0 Å². The molecule has 0 bridgehead atoms. The molecule has 236 valence electrons. The van der Waals surface area contributed by atoms with Gasteiger partial charge in [0.2, 0.25) is 11.8 Å². The number of benzene rings is 4. The maximum absolute atomic E-state index is 14.6. The lowest BCUT2D eigenvalue weighted by Gasteiger charge is -2.35. The molecule has 0 unspecified atom stereocenters. The summed E-state index contributed by atoms with van der Waals surface area (Å²) < 4.78 is 30.3. The van der Waals surface area contributed by atoms with Gasteiger partial charge in [-0.1, -0.05) is 88.2 Å². The lowest BCUT2D eigenvalue weighted by Crippen LogP contribution is -2.56. The van der Waals surface area contributed by atoms with Crippen molar-refractivity contribution in [3.63, 3.8) is 0 Å². The second kappa shape index (κ2) is 14.4. The fraction of sp³-hybridized carbons (Fsp3) is 0.278. The Morgan fingerprint density at radius 2 is 1.44 bits per heavy atom. The average Bonchev–Trinajstić information content (AvgIpc) is 2.97. The lowest BCUT2D eigenvalue weighted by atomic mass is 10.0. The van der Waals surface area contributed by atoms with E-state index in [1.165, 1.54) is 4.90 Å². The van der Waals surface area contributed by atoms with E-state index in [0.717, 1.165) is 31.0 Å². The van der Waals surface area contributed by atoms with Gasteiger partial charge >= 0.3 is 0 Å². The molecule has 0 saturated carbocycles. The Morgan fingerprint density at radius 3 is 2.07 bits per heavy atom. The predicted molar refractivity (Wildman–Crippen MR) is 183 cm³/mol. The molecule has 4 aromatic carbocycles. The first-order chi connectivity index (χ1) is 21.2. The number of nitrogens with zero attached hydrogens (tertiary/aromatic N) is 2. The topological polar surface area (TPSA) is 86.8 Å². The van der Waals surface area contributed by atoms with E-state index >= 15 is 0 Å². The third-order valence-electron chi connectivity index (χ3n) is 7.19. The minimum absolute atomic E-state index is 0.0762. The molecule has 0 spiro atoms. The number of halogens is 1. The van der Waals surface area contributed by atoms with Crippen molar-refractivity contribution in [3.8, 4) is 0 Å². The fourth-order valence-corrected chi connectivity index (χ4v) is 6.84. The second-order valence-electron chi connectivity index (χ2n) is 12.3. The highest BCUT2D eigenvalue weighted by Crippen LogP contribution is 2.26. The highest BCUT2D eigenvalue weighted by molar-refractivity contribution is 9.10. The summed E-state index contributed by atoms with van der Waals surface area (Å²) in [6, 6.07) is 29.7. The number of aryl methyl sites for hydroxylation is 2. The molecular formula is C36H40BrN3O4S. The van der Waals surface area contributed by atoms with Crippen molar-refractivity contribution in [3.05, 3.63) is 130 Å². The molecule has 0 aliphatic heterocycles. The smallest absolute Gasteiger partial charge is 0.264 e. The number of amides is 2. The molecular weight excluding hydrogens is 650 g/mol. The van der Waals surface area contributed by atoms with Crippen LogP contribution in [0.5, 0.6) is 0 Å². The normalized spacial score (nSPS) is 12.3. The largest absolute Gasteiger partial charge is 0.350 e. The quantitative estimate of drug-likeness (QED) is 0.187. The molecule has 0 aliphatic rings. The van der Waals surface area contributed by atoms with Gasteiger partial charge in [0.05, 0.1) is 10.6 Å². The number of carbonyl (C=O) groups excluding carboxylic acids is 2. The van der Waals surface area contributed by atoms with E-state index in [1.807, 2.05) is 95.3 Å². The van der Waals surface area contributed by atoms with Crippen LogP contribution in [0.3, 0.4) is 0 Å². The molecule has 9 heteroatoms. The van der Waals surface area contributed by atoms with E-state index in [0.29, 0.717) is 5.69 Å². The van der Waals surface area contributed by atoms with E-state index in [1.54, 1.807) is 42.5 Å². The van der Waals surface area contributed by atoms with Gasteiger partial charge in [0, 0.05) is 23.0 Å². The van der Waals surface area contributed by atoms with Crippen LogP contribution in [-0.4, -0.2) is 43.3 Å². The van der Waals surface area contributed by atoms with Crippen molar-refractivity contribution < 1.29 is 18.0 Å². The van der Waals surface area contributed by atoms with Gasteiger partial charge in [-0.2, -0.15) is 0 Å². The summed E-state index contributed by atoms with van der Waals surface area (Å²) in [5.74, 6) is -0.824. The van der Waals surface area contributed by atoms with Crippen LogP contribution < -0.4 is 9.62 Å². The number of nitrogens with one attached hydrogen (secondary N) is 1. The Kier molecular flexibility index (Phi) is 10.9. The van der Waals surface area contributed by atoms with Gasteiger partial charge in [0.15, 0.2) is 0 Å². The number of rotatable bonds is 11. The van der Waals surface area contributed by atoms with Crippen LogP contribution in [0.2, 0.25) is 0 Å². The molecule has 7 nitrogen and oxygen atoms in total. The molecule has 1 N–H and O–H groups in total. The third-order valence-corrected chi connectivity index (χ3v) is 9.47. The molecule has 0 saturated heterocycles. The highest BCUT2D eigenvalue weighted by atomic mass is 79.9. The fourth-order valence-electron chi connectivity index (χ4n) is 4.99. The SMILES string of the molecule is Cc1ccc(S(=O)(=O)N(CC(=O)N(Cc2cccc(Br)c2)[C@H](Cc2ccccc2)C(=O)NC(C)(C)C)c2cccc(C)c2)cc1. The summed E-state index contributed by atoms with van der Waals surface area (Å²) in [6.07, 6.45) is 0.248. The molecule has 2 amide bonds. The molecule has 4 rings (SSSR count). The Bertz CT molecular complexity index is 1740. The summed E-state index contributed by atoms with van der Waals surface area (Å²) in [6.45, 7) is 9.01. The first-order valence-corrected chi connectivity index (χ1v) is 17.0. The number of hydrogen-bond acceptors (Lipinski definition) is 4. The minimum atomic E-state index is -4.15. The van der Waals surface area contributed by atoms with E-state index in [2.05, 4.69) is 21.2 Å². The Balaban J connectivity index is 1.82. The highest BCUT2D eigenvalue weighted by Gasteiger charge is 2.35. The van der Waals surface area contributed by atoms with Crippen LogP contribution in [0.25, 0.3) is 0 Å². The summed E-state index contributed by atoms with van der Waals surface area (Å²) in [4.78, 5) is 30.1. The van der Waals surface area contributed by atoms with Gasteiger partial charge in [-0.25, -0.2) is 8.42 Å². The van der Waals surface area contributed by atoms with E-state index in [-0.39, 0.29) is 23.8 Å². The van der Waals surface area contributed by atoms with Gasteiger partial charge in [-0.3, -0.25) is 13.9 Å². The summed E-state index contributed by atoms with van der Waals surface area (Å²) >= 11 is 3.51. The van der Waals surface area contributed by atoms with Gasteiger partial charge in [0.1, 0.15) is 12.6 Å². The van der Waals surface area contributed by atoms with E-state index in [4.69, 9.17) is 0 Å². The zero-order valence-corrected chi connectivity index (χ0v) is 28.7. The van der Waals surface area contributed by atoms with Crippen molar-refractivity contribution in [2.24, 2.45) is 0 Å². The Hall–Kier alpha value is -3.95. The number of sulfonamides is 1. The second-order valence-corrected chi connectivity index (χ2v) is 15.0. The number of anilines is 1. The van der Waals surface area contributed by atoms with Crippen LogP contribution in [-0.2, 0) is 32.6 Å². The zero-order chi connectivity index (χ0) is 32.8. The maximum Gasteiger partial charge on any atom is 0.264 e. The van der Waals surface area contributed by atoms with Gasteiger partial charge < -0.3 is 10.2 Å². The van der Waals surface area contributed by atoms with Gasteiger partial charge in [-0.15, -0.1) is 0 Å². The molecule has 0 aliphatic carbocycles. The molecule has 45 heavy (non-hydrogen) atoms. The molecule has 0 radical (unpaired) electrons. The summed E-state index contributed by atoms with van der Waals surface area (Å²) in [7, 11) is -4.15. The van der Waals surface area contributed by atoms with Crippen LogP contribution >= 0.6 is 15.9 Å². The Labute approximate surface area is 275 Å². The van der Waals surface area contributed by atoms with Crippen LogP contribution in [0.1, 0.15) is 43.0 Å². The maximum atomic E-state index is 14.6. The number of hydrogen-bond donors (Lipinski definition) is 1. The molecule has 0 fully saturated rings. The third kappa shape index (κ3) is 9.28. The van der Waals surface area contributed by atoms with Crippen LogP contribution in [0, 0.1) is 13.8 Å². The summed E-state index contributed by atoms with van der Waals surface area (Å²) in [5.41, 5.74) is 3.25. The van der Waals surface area contributed by atoms with Crippen LogP contribution in [0.15, 0.2) is 112 Å². The van der Waals surface area contributed by atoms with Crippen molar-refractivity contribution in [2.45, 2.75) is 64.1 Å². The van der Waals surface area contributed by atoms with E-state index in [9.17, 15) is 18.0 Å². The lowest BCUT2D eigenvalue weighted by molar-refractivity contribution is -0.140. The van der Waals surface area contributed by atoms with Crippen LogP contribution in [0.4, 0.5) is 5.69 Å². The van der Waals surface area contributed by atoms with Gasteiger partial charge in [-0.05, 0) is 87.7 Å². The molecule has 0 aromatic heterocycles. The van der Waals surface area contributed by atoms with Crippen molar-refractivity contribution in [2.75, 3.05) is 10.8 Å². The minimum Gasteiger partial charge on any atom is -0.350 e. The Morgan fingerprint density at radius 1 is 0.800 bits per heavy atom. The molecule has 1 atom stereocenters.